The van der Waals surface area contributed by atoms with Gasteiger partial charge >= 0.3 is 0 Å². The number of sulfonamides is 1. The van der Waals surface area contributed by atoms with E-state index in [4.69, 9.17) is 9.47 Å². The van der Waals surface area contributed by atoms with E-state index in [0.717, 1.165) is 13.1 Å². The number of nitrogens with zero attached hydrogens (tertiary/aromatic N) is 1. The highest BCUT2D eigenvalue weighted by Crippen LogP contribution is 2.33. The lowest BCUT2D eigenvalue weighted by molar-refractivity contribution is 0.174. The van der Waals surface area contributed by atoms with Crippen molar-refractivity contribution in [1.82, 2.24) is 9.62 Å². The maximum Gasteiger partial charge on any atom is 0.240 e. The minimum Gasteiger partial charge on any atom is -0.454 e. The van der Waals surface area contributed by atoms with Crippen molar-refractivity contribution in [2.75, 3.05) is 26.4 Å². The Morgan fingerprint density at radius 1 is 1.17 bits per heavy atom. The van der Waals surface area contributed by atoms with E-state index in [1.54, 1.807) is 12.1 Å². The molecule has 0 aromatic heterocycles. The van der Waals surface area contributed by atoms with Crippen LogP contribution in [0.5, 0.6) is 11.5 Å². The average Bonchev–Trinajstić information content (AvgIpc) is 3.17. The zero-order valence-electron chi connectivity index (χ0n) is 13.6. The van der Waals surface area contributed by atoms with Gasteiger partial charge in [-0.05, 0) is 44.0 Å². The van der Waals surface area contributed by atoms with E-state index in [-0.39, 0.29) is 17.7 Å². The highest BCUT2D eigenvalue weighted by Gasteiger charge is 2.27. The van der Waals surface area contributed by atoms with Crippen LogP contribution in [0, 0.1) is 5.92 Å². The average molecular weight is 340 g/mol. The summed E-state index contributed by atoms with van der Waals surface area (Å²) < 4.78 is 38.3. The van der Waals surface area contributed by atoms with Crippen LogP contribution in [0.4, 0.5) is 0 Å². The molecule has 23 heavy (non-hydrogen) atoms. The molecule has 3 rings (SSSR count). The van der Waals surface area contributed by atoms with E-state index in [2.05, 4.69) is 23.5 Å². The van der Waals surface area contributed by atoms with Crippen molar-refractivity contribution in [1.29, 1.82) is 0 Å². The minimum atomic E-state index is -3.55. The maximum atomic E-state index is 12.5. The van der Waals surface area contributed by atoms with Gasteiger partial charge in [0.05, 0.1) is 4.90 Å². The second-order valence-corrected chi connectivity index (χ2v) is 8.19. The summed E-state index contributed by atoms with van der Waals surface area (Å²) in [6.07, 6.45) is 2.39. The monoisotopic (exact) mass is 340 g/mol. The van der Waals surface area contributed by atoms with Crippen molar-refractivity contribution in [3.05, 3.63) is 18.2 Å². The first-order valence-corrected chi connectivity index (χ1v) is 9.59. The summed E-state index contributed by atoms with van der Waals surface area (Å²) in [6.45, 7) is 6.93. The van der Waals surface area contributed by atoms with E-state index in [1.165, 1.54) is 18.9 Å². The topological polar surface area (TPSA) is 67.9 Å². The Kier molecular flexibility index (Phi) is 4.79. The van der Waals surface area contributed by atoms with E-state index in [1.807, 2.05) is 0 Å². The number of hydrogen-bond acceptors (Lipinski definition) is 5. The molecule has 2 aliphatic heterocycles. The summed E-state index contributed by atoms with van der Waals surface area (Å²) >= 11 is 0. The molecule has 1 saturated heterocycles. The molecular weight excluding hydrogens is 316 g/mol. The predicted molar refractivity (Wildman–Crippen MR) is 87.2 cm³/mol. The van der Waals surface area contributed by atoms with Crippen molar-refractivity contribution < 1.29 is 17.9 Å². The lowest BCUT2D eigenvalue weighted by Gasteiger charge is -2.30. The third-order valence-electron chi connectivity index (χ3n) is 4.52. The van der Waals surface area contributed by atoms with Gasteiger partial charge in [-0.1, -0.05) is 13.8 Å². The summed E-state index contributed by atoms with van der Waals surface area (Å²) in [4.78, 5) is 2.60. The summed E-state index contributed by atoms with van der Waals surface area (Å²) in [7, 11) is -3.55. The van der Waals surface area contributed by atoms with Gasteiger partial charge in [0, 0.05) is 18.7 Å². The van der Waals surface area contributed by atoms with Crippen molar-refractivity contribution in [3.63, 3.8) is 0 Å². The van der Waals surface area contributed by atoms with Gasteiger partial charge in [-0.2, -0.15) is 0 Å². The second-order valence-electron chi connectivity index (χ2n) is 6.42. The van der Waals surface area contributed by atoms with Crippen LogP contribution in [0.3, 0.4) is 0 Å². The molecule has 0 spiro atoms. The molecule has 6 nitrogen and oxygen atoms in total. The molecule has 0 amide bonds. The Hall–Kier alpha value is -1.31. The zero-order valence-corrected chi connectivity index (χ0v) is 14.4. The van der Waals surface area contributed by atoms with Crippen molar-refractivity contribution >= 4 is 10.0 Å². The Bertz CT molecular complexity index is 654. The normalized spacial score (nSPS) is 19.4. The molecule has 1 atom stereocenters. The first-order chi connectivity index (χ1) is 11.0. The molecule has 128 valence electrons. The van der Waals surface area contributed by atoms with Crippen LogP contribution in [0.15, 0.2) is 23.1 Å². The van der Waals surface area contributed by atoms with Gasteiger partial charge in [-0.3, -0.25) is 4.90 Å². The Labute approximate surface area is 137 Å². The SMILES string of the molecule is CC(C)C(CNS(=O)(=O)c1ccc2c(c1)OCO2)N1CCCC1. The summed E-state index contributed by atoms with van der Waals surface area (Å²) in [5, 5.41) is 0. The number of likely N-dealkylation sites (tertiary alicyclic amines) is 1. The second kappa shape index (κ2) is 6.67. The molecule has 0 bridgehead atoms. The predicted octanol–water partition coefficient (Wildman–Crippen LogP) is 1.81. The van der Waals surface area contributed by atoms with Crippen LogP contribution < -0.4 is 14.2 Å². The van der Waals surface area contributed by atoms with Gasteiger partial charge in [0.25, 0.3) is 0 Å². The molecule has 0 aliphatic carbocycles. The van der Waals surface area contributed by atoms with Crippen LogP contribution in [0.1, 0.15) is 26.7 Å². The molecule has 0 saturated carbocycles. The van der Waals surface area contributed by atoms with E-state index >= 15 is 0 Å². The van der Waals surface area contributed by atoms with Gasteiger partial charge in [0.2, 0.25) is 16.8 Å². The van der Waals surface area contributed by atoms with Crippen molar-refractivity contribution in [2.45, 2.75) is 37.6 Å². The standard InChI is InChI=1S/C16H24N2O4S/c1-12(2)14(18-7-3-4-8-18)10-17-23(19,20)13-5-6-15-16(9-13)22-11-21-15/h5-6,9,12,14,17H,3-4,7-8,10-11H2,1-2H3. The van der Waals surface area contributed by atoms with Crippen LogP contribution in [0.2, 0.25) is 0 Å². The quantitative estimate of drug-likeness (QED) is 0.855. The molecule has 7 heteroatoms. The number of fused-ring (bicyclic) bond motifs is 1. The van der Waals surface area contributed by atoms with Gasteiger partial charge in [0.1, 0.15) is 0 Å². The van der Waals surface area contributed by atoms with Crippen molar-refractivity contribution in [2.24, 2.45) is 5.92 Å². The van der Waals surface area contributed by atoms with Gasteiger partial charge in [0.15, 0.2) is 11.5 Å². The fourth-order valence-corrected chi connectivity index (χ4v) is 4.25. The fourth-order valence-electron chi connectivity index (χ4n) is 3.18. The summed E-state index contributed by atoms with van der Waals surface area (Å²) in [5.41, 5.74) is 0. The van der Waals surface area contributed by atoms with E-state index in [9.17, 15) is 8.42 Å². The molecule has 1 aromatic rings. The third kappa shape index (κ3) is 3.62. The molecular formula is C16H24N2O4S. The minimum absolute atomic E-state index is 0.136. The number of hydrogen-bond donors (Lipinski definition) is 1. The molecule has 1 N–H and O–H groups in total. The van der Waals surface area contributed by atoms with Gasteiger partial charge in [-0.15, -0.1) is 0 Å². The van der Waals surface area contributed by atoms with E-state index in [0.29, 0.717) is 24.0 Å². The molecule has 1 unspecified atom stereocenters. The number of ether oxygens (including phenoxy) is 2. The largest absolute Gasteiger partial charge is 0.454 e. The van der Waals surface area contributed by atoms with Crippen LogP contribution >= 0.6 is 0 Å². The Morgan fingerprint density at radius 2 is 1.87 bits per heavy atom. The Morgan fingerprint density at radius 3 is 2.57 bits per heavy atom. The van der Waals surface area contributed by atoms with Gasteiger partial charge < -0.3 is 9.47 Å². The molecule has 1 fully saturated rings. The van der Waals surface area contributed by atoms with E-state index < -0.39 is 10.0 Å². The summed E-state index contributed by atoms with van der Waals surface area (Å²) in [5.74, 6) is 1.46. The van der Waals surface area contributed by atoms with Crippen LogP contribution in [-0.2, 0) is 10.0 Å². The molecule has 0 radical (unpaired) electrons. The first kappa shape index (κ1) is 16.5. The highest BCUT2D eigenvalue weighted by molar-refractivity contribution is 7.89. The maximum absolute atomic E-state index is 12.5. The number of rotatable bonds is 6. The lowest BCUT2D eigenvalue weighted by Crippen LogP contribution is -2.45. The first-order valence-electron chi connectivity index (χ1n) is 8.11. The zero-order chi connectivity index (χ0) is 16.4. The van der Waals surface area contributed by atoms with Crippen LogP contribution in [0.25, 0.3) is 0 Å². The van der Waals surface area contributed by atoms with Crippen molar-refractivity contribution in [3.8, 4) is 11.5 Å². The lowest BCUT2D eigenvalue weighted by atomic mass is 10.0. The smallest absolute Gasteiger partial charge is 0.240 e. The Balaban J connectivity index is 1.70. The fraction of sp³-hybridized carbons (Fsp3) is 0.625. The highest BCUT2D eigenvalue weighted by atomic mass is 32.2. The third-order valence-corrected chi connectivity index (χ3v) is 5.94. The van der Waals surface area contributed by atoms with Crippen LogP contribution in [-0.4, -0.2) is 45.8 Å². The number of benzene rings is 1. The number of nitrogens with one attached hydrogen (secondary N) is 1. The molecule has 1 aromatic carbocycles. The summed E-state index contributed by atoms with van der Waals surface area (Å²) in [6, 6.07) is 4.93. The molecule has 2 heterocycles. The molecule has 2 aliphatic rings. The van der Waals surface area contributed by atoms with Gasteiger partial charge in [-0.25, -0.2) is 13.1 Å².